The van der Waals surface area contributed by atoms with Crippen molar-refractivity contribution >= 4 is 43.6 Å². The fraction of sp³-hybridized carbons (Fsp3) is 0.179. The molecule has 0 fully saturated rings. The number of hydrogen-bond donors (Lipinski definition) is 0. The topological polar surface area (TPSA) is 81.9 Å². The van der Waals surface area contributed by atoms with Crippen molar-refractivity contribution in [2.45, 2.75) is 19.9 Å². The molecule has 0 bridgehead atoms. The van der Waals surface area contributed by atoms with E-state index in [0.29, 0.717) is 40.6 Å². The van der Waals surface area contributed by atoms with Gasteiger partial charge in [0.05, 0.1) is 40.4 Å². The minimum atomic E-state index is -0.684. The normalized spacial score (nSPS) is 15.0. The van der Waals surface area contributed by atoms with Crippen molar-refractivity contribution in [2.24, 2.45) is 0 Å². The fourth-order valence-corrected chi connectivity index (χ4v) is 5.62. The number of ether oxygens (including phenoxy) is 2. The number of carbonyl (C=O) groups is 1. The highest BCUT2D eigenvalue weighted by atomic mass is 32.1. The van der Waals surface area contributed by atoms with Crippen molar-refractivity contribution in [3.63, 3.8) is 0 Å². The molecule has 3 heterocycles. The Morgan fingerprint density at radius 1 is 0.944 bits per heavy atom. The Morgan fingerprint density at radius 2 is 1.67 bits per heavy atom. The number of anilines is 1. The van der Waals surface area contributed by atoms with Crippen LogP contribution in [0.3, 0.4) is 0 Å². The Bertz CT molecular complexity index is 1670. The van der Waals surface area contributed by atoms with E-state index in [-0.39, 0.29) is 11.2 Å². The molecule has 0 radical (unpaired) electrons. The molecule has 7 nitrogen and oxygen atoms in total. The Hall–Kier alpha value is -4.17. The second-order valence-electron chi connectivity index (χ2n) is 8.31. The van der Waals surface area contributed by atoms with Crippen molar-refractivity contribution in [1.29, 1.82) is 0 Å². The third-order valence-electron chi connectivity index (χ3n) is 6.15. The Kier molecular flexibility index (Phi) is 5.45. The van der Waals surface area contributed by atoms with E-state index in [1.807, 2.05) is 56.3 Å². The summed E-state index contributed by atoms with van der Waals surface area (Å²) in [7, 11) is 0. The molecule has 5 aromatic rings. The number of benzene rings is 3. The molecule has 1 atom stereocenters. The van der Waals surface area contributed by atoms with Gasteiger partial charge >= 0.3 is 0 Å². The lowest BCUT2D eigenvalue weighted by molar-refractivity contribution is 0.0971. The van der Waals surface area contributed by atoms with E-state index < -0.39 is 11.9 Å². The van der Waals surface area contributed by atoms with Crippen LogP contribution in [0.1, 0.15) is 41.6 Å². The summed E-state index contributed by atoms with van der Waals surface area (Å²) in [4.78, 5) is 33.8. The molecule has 0 aliphatic carbocycles. The van der Waals surface area contributed by atoms with Gasteiger partial charge in [-0.15, -0.1) is 0 Å². The van der Waals surface area contributed by atoms with Crippen LogP contribution in [0.25, 0.3) is 21.2 Å². The minimum Gasteiger partial charge on any atom is -0.494 e. The molecule has 1 aliphatic heterocycles. The first-order valence-corrected chi connectivity index (χ1v) is 12.6. The predicted octanol–water partition coefficient (Wildman–Crippen LogP) is 5.95. The lowest BCUT2D eigenvalue weighted by atomic mass is 9.98. The van der Waals surface area contributed by atoms with E-state index in [2.05, 4.69) is 0 Å². The summed E-state index contributed by atoms with van der Waals surface area (Å²) in [5, 5.41) is 0.921. The maximum absolute atomic E-state index is 13.8. The molecular weight excluding hydrogens is 476 g/mol. The summed E-state index contributed by atoms with van der Waals surface area (Å²) >= 11 is 1.37. The first-order chi connectivity index (χ1) is 17.6. The molecule has 2 aromatic heterocycles. The van der Waals surface area contributed by atoms with Crippen LogP contribution in [0.15, 0.2) is 75.9 Å². The molecule has 0 unspecified atom stereocenters. The molecule has 3 aromatic carbocycles. The SMILES string of the molecule is CCOc1ccc([C@@H]2c3c(oc4ccccc4c3=O)C(=O)N2c2nc3ccc(OCC)cc3s2)cc1. The maximum Gasteiger partial charge on any atom is 0.297 e. The quantitative estimate of drug-likeness (QED) is 0.288. The molecule has 8 heteroatoms. The third kappa shape index (κ3) is 3.53. The molecule has 0 saturated heterocycles. The van der Waals surface area contributed by atoms with Gasteiger partial charge in [-0.05, 0) is 61.9 Å². The van der Waals surface area contributed by atoms with Crippen LogP contribution in [-0.2, 0) is 0 Å². The second-order valence-corrected chi connectivity index (χ2v) is 9.32. The van der Waals surface area contributed by atoms with Crippen molar-refractivity contribution in [1.82, 2.24) is 4.98 Å². The van der Waals surface area contributed by atoms with E-state index in [1.165, 1.54) is 11.3 Å². The number of hydrogen-bond acceptors (Lipinski definition) is 7. The molecule has 0 spiro atoms. The number of rotatable bonds is 6. The van der Waals surface area contributed by atoms with Gasteiger partial charge in [0.2, 0.25) is 5.76 Å². The average molecular weight is 499 g/mol. The van der Waals surface area contributed by atoms with Crippen molar-refractivity contribution in [2.75, 3.05) is 18.1 Å². The Labute approximate surface area is 210 Å². The van der Waals surface area contributed by atoms with Gasteiger partial charge in [-0.25, -0.2) is 4.98 Å². The monoisotopic (exact) mass is 498 g/mol. The van der Waals surface area contributed by atoms with E-state index in [0.717, 1.165) is 21.5 Å². The summed E-state index contributed by atoms with van der Waals surface area (Å²) in [6, 6.07) is 19.4. The van der Waals surface area contributed by atoms with Crippen LogP contribution in [0, 0.1) is 0 Å². The molecule has 180 valence electrons. The minimum absolute atomic E-state index is 0.0480. The number of fused-ring (bicyclic) bond motifs is 3. The zero-order valence-electron chi connectivity index (χ0n) is 19.7. The van der Waals surface area contributed by atoms with Crippen LogP contribution < -0.4 is 19.8 Å². The van der Waals surface area contributed by atoms with Crippen LogP contribution in [-0.4, -0.2) is 24.1 Å². The van der Waals surface area contributed by atoms with E-state index in [1.54, 1.807) is 29.2 Å². The first-order valence-electron chi connectivity index (χ1n) is 11.7. The van der Waals surface area contributed by atoms with Gasteiger partial charge in [0.1, 0.15) is 17.1 Å². The van der Waals surface area contributed by atoms with Crippen molar-refractivity contribution in [3.05, 3.63) is 93.8 Å². The molecular formula is C28H22N2O5S. The molecule has 36 heavy (non-hydrogen) atoms. The lowest BCUT2D eigenvalue weighted by Gasteiger charge is -2.22. The first kappa shape index (κ1) is 22.3. The zero-order valence-corrected chi connectivity index (χ0v) is 20.5. The van der Waals surface area contributed by atoms with Crippen molar-refractivity contribution < 1.29 is 18.7 Å². The van der Waals surface area contributed by atoms with E-state index in [4.69, 9.17) is 18.9 Å². The van der Waals surface area contributed by atoms with Gasteiger partial charge < -0.3 is 13.9 Å². The summed E-state index contributed by atoms with van der Waals surface area (Å²) < 4.78 is 18.1. The van der Waals surface area contributed by atoms with E-state index in [9.17, 15) is 9.59 Å². The standard InChI is InChI=1S/C28H22N2O5S/c1-3-33-17-11-9-16(10-12-17)24-23-25(31)19-7-5-6-8-21(19)35-26(23)27(32)30(24)28-29-20-14-13-18(34-4-2)15-22(20)36-28/h5-15,24H,3-4H2,1-2H3/t24-/m1/s1. The number of thiazole rings is 1. The highest BCUT2D eigenvalue weighted by Gasteiger charge is 2.45. The van der Waals surface area contributed by atoms with Gasteiger partial charge in [0, 0.05) is 0 Å². The zero-order chi connectivity index (χ0) is 24.8. The Balaban J connectivity index is 1.55. The molecule has 1 aliphatic rings. The van der Waals surface area contributed by atoms with E-state index >= 15 is 0 Å². The molecule has 1 amide bonds. The summed E-state index contributed by atoms with van der Waals surface area (Å²) in [5.41, 5.74) is 1.99. The highest BCUT2D eigenvalue weighted by molar-refractivity contribution is 7.22. The van der Waals surface area contributed by atoms with Gasteiger partial charge in [0.25, 0.3) is 5.91 Å². The van der Waals surface area contributed by atoms with Gasteiger partial charge in [-0.3, -0.25) is 14.5 Å². The van der Waals surface area contributed by atoms with Gasteiger partial charge in [-0.2, -0.15) is 0 Å². The van der Waals surface area contributed by atoms with Crippen molar-refractivity contribution in [3.8, 4) is 11.5 Å². The highest BCUT2D eigenvalue weighted by Crippen LogP contribution is 2.44. The van der Waals surface area contributed by atoms with Crippen LogP contribution in [0.5, 0.6) is 11.5 Å². The van der Waals surface area contributed by atoms with Crippen LogP contribution >= 0.6 is 11.3 Å². The molecule has 0 saturated carbocycles. The second kappa shape index (κ2) is 8.80. The van der Waals surface area contributed by atoms with Gasteiger partial charge in [-0.1, -0.05) is 35.6 Å². The summed E-state index contributed by atoms with van der Waals surface area (Å²) in [5.74, 6) is 1.11. The Morgan fingerprint density at radius 3 is 2.44 bits per heavy atom. The number of carbonyl (C=O) groups excluding carboxylic acids is 1. The smallest absolute Gasteiger partial charge is 0.297 e. The number of amides is 1. The number of aromatic nitrogens is 1. The summed E-state index contributed by atoms with van der Waals surface area (Å²) in [6.07, 6.45) is 0. The van der Waals surface area contributed by atoms with Crippen LogP contribution in [0.2, 0.25) is 0 Å². The molecule has 0 N–H and O–H groups in total. The lowest BCUT2D eigenvalue weighted by Crippen LogP contribution is -2.29. The average Bonchev–Trinajstić information content (AvgIpc) is 3.43. The molecule has 6 rings (SSSR count). The largest absolute Gasteiger partial charge is 0.494 e. The fourth-order valence-electron chi connectivity index (χ4n) is 4.60. The predicted molar refractivity (Wildman–Crippen MR) is 140 cm³/mol. The number of nitrogens with zero attached hydrogens (tertiary/aromatic N) is 2. The summed E-state index contributed by atoms with van der Waals surface area (Å²) in [6.45, 7) is 4.94. The van der Waals surface area contributed by atoms with Gasteiger partial charge in [0.15, 0.2) is 10.6 Å². The third-order valence-corrected chi connectivity index (χ3v) is 7.17. The maximum atomic E-state index is 13.8. The van der Waals surface area contributed by atoms with Crippen LogP contribution in [0.4, 0.5) is 5.13 Å². The number of para-hydroxylation sites is 1.